The van der Waals surface area contributed by atoms with Crippen LogP contribution in [0.1, 0.15) is 28.8 Å². The van der Waals surface area contributed by atoms with Crippen molar-refractivity contribution in [3.05, 3.63) is 71.8 Å². The van der Waals surface area contributed by atoms with Crippen molar-refractivity contribution in [3.8, 4) is 11.5 Å². The number of benzene rings is 3. The minimum absolute atomic E-state index is 0.0343. The van der Waals surface area contributed by atoms with Crippen molar-refractivity contribution < 1.29 is 19.1 Å². The highest BCUT2D eigenvalue weighted by Crippen LogP contribution is 2.30. The Morgan fingerprint density at radius 2 is 1.66 bits per heavy atom. The number of rotatable bonds is 6. The van der Waals surface area contributed by atoms with Crippen LogP contribution in [0.4, 0.5) is 0 Å². The number of nitrogens with one attached hydrogen (secondary N) is 1. The molecule has 0 aliphatic carbocycles. The van der Waals surface area contributed by atoms with Crippen LogP contribution in [0.3, 0.4) is 0 Å². The van der Waals surface area contributed by atoms with Crippen LogP contribution in [0.25, 0.3) is 10.8 Å². The number of fused-ring (bicyclic) bond motifs is 1. The Morgan fingerprint density at radius 3 is 2.44 bits per heavy atom. The topological polar surface area (TPSA) is 67.9 Å². The summed E-state index contributed by atoms with van der Waals surface area (Å²) in [6.45, 7) is 1.46. The third-order valence-corrected chi connectivity index (χ3v) is 6.06. The molecule has 6 heteroatoms. The molecule has 3 aromatic rings. The largest absolute Gasteiger partial charge is 0.496 e. The number of hydrogen-bond donors (Lipinski definition) is 1. The second-order valence-corrected chi connectivity index (χ2v) is 7.98. The van der Waals surface area contributed by atoms with E-state index >= 15 is 0 Å². The SMILES string of the molecule is COc1ccccc1CNC(=O)[C@@H]1CCCN(C(=O)c2ccc(OC)c3ccccc23)C1. The lowest BCUT2D eigenvalue weighted by Crippen LogP contribution is -2.45. The van der Waals surface area contributed by atoms with Crippen molar-refractivity contribution in [2.45, 2.75) is 19.4 Å². The third kappa shape index (κ3) is 4.40. The Labute approximate surface area is 188 Å². The first-order valence-electron chi connectivity index (χ1n) is 10.9. The molecular formula is C26H28N2O4. The molecule has 1 N–H and O–H groups in total. The zero-order valence-corrected chi connectivity index (χ0v) is 18.5. The Hall–Kier alpha value is -3.54. The molecule has 1 atom stereocenters. The number of methoxy groups -OCH3 is 2. The molecule has 3 aromatic carbocycles. The number of carbonyl (C=O) groups excluding carboxylic acids is 2. The maximum Gasteiger partial charge on any atom is 0.254 e. The van der Waals surface area contributed by atoms with Crippen LogP contribution in [0.15, 0.2) is 60.7 Å². The van der Waals surface area contributed by atoms with Gasteiger partial charge in [0.1, 0.15) is 11.5 Å². The van der Waals surface area contributed by atoms with Gasteiger partial charge in [-0.3, -0.25) is 9.59 Å². The molecular weight excluding hydrogens is 404 g/mol. The molecule has 0 unspecified atom stereocenters. The Bertz CT molecular complexity index is 1130. The van der Waals surface area contributed by atoms with Crippen LogP contribution >= 0.6 is 0 Å². The van der Waals surface area contributed by atoms with Gasteiger partial charge in [-0.15, -0.1) is 0 Å². The summed E-state index contributed by atoms with van der Waals surface area (Å²) in [5, 5.41) is 4.78. The molecule has 1 aliphatic rings. The summed E-state index contributed by atoms with van der Waals surface area (Å²) in [6.07, 6.45) is 1.57. The fraction of sp³-hybridized carbons (Fsp3) is 0.308. The van der Waals surface area contributed by atoms with Gasteiger partial charge in [0.25, 0.3) is 5.91 Å². The highest BCUT2D eigenvalue weighted by atomic mass is 16.5. The lowest BCUT2D eigenvalue weighted by molar-refractivity contribution is -0.126. The van der Waals surface area contributed by atoms with Gasteiger partial charge in [-0.2, -0.15) is 0 Å². The molecule has 0 spiro atoms. The van der Waals surface area contributed by atoms with E-state index in [4.69, 9.17) is 9.47 Å². The predicted molar refractivity (Wildman–Crippen MR) is 124 cm³/mol. The molecule has 6 nitrogen and oxygen atoms in total. The first-order chi connectivity index (χ1) is 15.6. The molecule has 0 radical (unpaired) electrons. The summed E-state index contributed by atoms with van der Waals surface area (Å²) in [6, 6.07) is 19.0. The third-order valence-electron chi connectivity index (χ3n) is 6.06. The molecule has 0 saturated carbocycles. The number of likely N-dealkylation sites (tertiary alicyclic amines) is 1. The van der Waals surface area contributed by atoms with Crippen molar-refractivity contribution in [1.29, 1.82) is 0 Å². The fourth-order valence-electron chi connectivity index (χ4n) is 4.36. The summed E-state index contributed by atoms with van der Waals surface area (Å²) < 4.78 is 10.8. The van der Waals surface area contributed by atoms with Crippen molar-refractivity contribution in [2.24, 2.45) is 5.92 Å². The zero-order chi connectivity index (χ0) is 22.5. The van der Waals surface area contributed by atoms with E-state index in [1.807, 2.05) is 60.7 Å². The molecule has 1 saturated heterocycles. The molecule has 4 rings (SSSR count). The standard InChI is InChI=1S/C26H28N2O4/c1-31-23-12-6-3-8-18(23)16-27-25(29)19-9-7-15-28(17-19)26(30)22-13-14-24(32-2)21-11-5-4-10-20(21)22/h3-6,8,10-14,19H,7,9,15-17H2,1-2H3,(H,27,29)/t19-/m1/s1. The monoisotopic (exact) mass is 432 g/mol. The van der Waals surface area contributed by atoms with Gasteiger partial charge in [-0.05, 0) is 36.4 Å². The molecule has 1 fully saturated rings. The maximum atomic E-state index is 13.4. The first kappa shape index (κ1) is 21.7. The molecule has 2 amide bonds. The van der Waals surface area contributed by atoms with E-state index in [0.29, 0.717) is 25.2 Å². The van der Waals surface area contributed by atoms with Crippen molar-refractivity contribution in [1.82, 2.24) is 10.2 Å². The van der Waals surface area contributed by atoms with Crippen LogP contribution in [-0.2, 0) is 11.3 Å². The zero-order valence-electron chi connectivity index (χ0n) is 18.5. The summed E-state index contributed by atoms with van der Waals surface area (Å²) >= 11 is 0. The molecule has 32 heavy (non-hydrogen) atoms. The Kier molecular flexibility index (Phi) is 6.59. The number of carbonyl (C=O) groups is 2. The molecule has 0 bridgehead atoms. The number of para-hydroxylation sites is 1. The molecule has 1 aliphatic heterocycles. The van der Waals surface area contributed by atoms with E-state index in [9.17, 15) is 9.59 Å². The van der Waals surface area contributed by atoms with E-state index in [-0.39, 0.29) is 17.7 Å². The lowest BCUT2D eigenvalue weighted by atomic mass is 9.95. The van der Waals surface area contributed by atoms with Crippen molar-refractivity contribution in [2.75, 3.05) is 27.3 Å². The second-order valence-electron chi connectivity index (χ2n) is 7.98. The average Bonchev–Trinajstić information content (AvgIpc) is 2.86. The van der Waals surface area contributed by atoms with Gasteiger partial charge in [-0.1, -0.05) is 42.5 Å². The first-order valence-corrected chi connectivity index (χ1v) is 10.9. The minimum Gasteiger partial charge on any atom is -0.496 e. The van der Waals surface area contributed by atoms with E-state index in [2.05, 4.69) is 5.32 Å². The van der Waals surface area contributed by atoms with Gasteiger partial charge < -0.3 is 19.7 Å². The van der Waals surface area contributed by atoms with Crippen molar-refractivity contribution >= 4 is 22.6 Å². The number of ether oxygens (including phenoxy) is 2. The Morgan fingerprint density at radius 1 is 0.938 bits per heavy atom. The summed E-state index contributed by atoms with van der Waals surface area (Å²) in [5.41, 5.74) is 1.56. The normalized spacial score (nSPS) is 15.9. The van der Waals surface area contributed by atoms with Gasteiger partial charge in [0.2, 0.25) is 5.91 Å². The van der Waals surface area contributed by atoms with Gasteiger partial charge in [0.15, 0.2) is 0 Å². The highest BCUT2D eigenvalue weighted by Gasteiger charge is 2.29. The van der Waals surface area contributed by atoms with Crippen LogP contribution in [-0.4, -0.2) is 44.0 Å². The molecule has 0 aromatic heterocycles. The van der Waals surface area contributed by atoms with Crippen LogP contribution < -0.4 is 14.8 Å². The van der Waals surface area contributed by atoms with Crippen LogP contribution in [0.5, 0.6) is 11.5 Å². The van der Waals surface area contributed by atoms with Gasteiger partial charge in [0.05, 0.1) is 20.1 Å². The van der Waals surface area contributed by atoms with Gasteiger partial charge >= 0.3 is 0 Å². The van der Waals surface area contributed by atoms with Crippen LogP contribution in [0, 0.1) is 5.92 Å². The lowest BCUT2D eigenvalue weighted by Gasteiger charge is -2.32. The second kappa shape index (κ2) is 9.73. The number of amides is 2. The average molecular weight is 433 g/mol. The van der Waals surface area contributed by atoms with E-state index < -0.39 is 0 Å². The van der Waals surface area contributed by atoms with Crippen molar-refractivity contribution in [3.63, 3.8) is 0 Å². The Balaban J connectivity index is 1.46. The number of nitrogens with zero attached hydrogens (tertiary/aromatic N) is 1. The van der Waals surface area contributed by atoms with E-state index in [0.717, 1.165) is 40.7 Å². The maximum absolute atomic E-state index is 13.4. The quantitative estimate of drug-likeness (QED) is 0.639. The summed E-state index contributed by atoms with van der Waals surface area (Å²) in [4.78, 5) is 28.0. The molecule has 166 valence electrons. The predicted octanol–water partition coefficient (Wildman–Crippen LogP) is 4.03. The van der Waals surface area contributed by atoms with Gasteiger partial charge in [0, 0.05) is 36.1 Å². The smallest absolute Gasteiger partial charge is 0.254 e. The minimum atomic E-state index is -0.230. The van der Waals surface area contributed by atoms with E-state index in [1.165, 1.54) is 0 Å². The summed E-state index contributed by atoms with van der Waals surface area (Å²) in [7, 11) is 3.25. The van der Waals surface area contributed by atoms with Crippen LogP contribution in [0.2, 0.25) is 0 Å². The van der Waals surface area contributed by atoms with Gasteiger partial charge in [-0.25, -0.2) is 0 Å². The summed E-state index contributed by atoms with van der Waals surface area (Å²) in [5.74, 6) is 1.18. The number of hydrogen-bond acceptors (Lipinski definition) is 4. The highest BCUT2D eigenvalue weighted by molar-refractivity contribution is 6.08. The molecule has 1 heterocycles. The van der Waals surface area contributed by atoms with E-state index in [1.54, 1.807) is 19.1 Å². The number of piperidine rings is 1. The fourth-order valence-corrected chi connectivity index (χ4v) is 4.36.